The van der Waals surface area contributed by atoms with Crippen molar-refractivity contribution in [1.29, 1.82) is 0 Å². The predicted molar refractivity (Wildman–Crippen MR) is 142 cm³/mol. The van der Waals surface area contributed by atoms with Gasteiger partial charge in [-0.1, -0.05) is 36.0 Å². The molecule has 37 heavy (non-hydrogen) atoms. The summed E-state index contributed by atoms with van der Waals surface area (Å²) in [5, 5.41) is 3.60. The van der Waals surface area contributed by atoms with Crippen LogP contribution in [0.2, 0.25) is 5.02 Å². The van der Waals surface area contributed by atoms with Crippen LogP contribution in [0, 0.1) is 0 Å². The highest BCUT2D eigenvalue weighted by atomic mass is 35.5. The Morgan fingerprint density at radius 1 is 1.08 bits per heavy atom. The fraction of sp³-hybridized carbons (Fsp3) is 0.423. The lowest BCUT2D eigenvalue weighted by molar-refractivity contribution is -0.145. The molecule has 0 saturated heterocycles. The smallest absolute Gasteiger partial charge is 0.308 e. The number of fused-ring (bicyclic) bond motifs is 1. The summed E-state index contributed by atoms with van der Waals surface area (Å²) >= 11 is 12.1. The van der Waals surface area contributed by atoms with Gasteiger partial charge in [0.15, 0.2) is 11.5 Å². The van der Waals surface area contributed by atoms with Gasteiger partial charge < -0.3 is 33.7 Å². The molecule has 0 amide bonds. The molecule has 2 aromatic carbocycles. The van der Waals surface area contributed by atoms with Crippen LogP contribution in [0.4, 0.5) is 5.69 Å². The number of esters is 2. The van der Waals surface area contributed by atoms with Gasteiger partial charge in [0.2, 0.25) is 0 Å². The molecule has 9 nitrogen and oxygen atoms in total. The molecule has 0 aliphatic carbocycles. The third-order valence-corrected chi connectivity index (χ3v) is 6.03. The second-order valence-corrected chi connectivity index (χ2v) is 8.87. The largest absolute Gasteiger partial charge is 0.493 e. The second kappa shape index (κ2) is 13.5. The molecule has 0 unspecified atom stereocenters. The first-order chi connectivity index (χ1) is 17.8. The molecule has 2 atom stereocenters. The van der Waals surface area contributed by atoms with Crippen LogP contribution in [0.25, 0.3) is 0 Å². The summed E-state index contributed by atoms with van der Waals surface area (Å²) in [6.45, 7) is 3.80. The Morgan fingerprint density at radius 2 is 1.86 bits per heavy atom. The third kappa shape index (κ3) is 7.24. The van der Waals surface area contributed by atoms with Gasteiger partial charge in [-0.25, -0.2) is 0 Å². The van der Waals surface area contributed by atoms with Gasteiger partial charge in [0.1, 0.15) is 22.9 Å². The Kier molecular flexibility index (Phi) is 10.4. The van der Waals surface area contributed by atoms with Crippen LogP contribution in [0.15, 0.2) is 30.3 Å². The van der Waals surface area contributed by atoms with Crippen molar-refractivity contribution in [2.24, 2.45) is 0 Å². The molecule has 0 spiro atoms. The van der Waals surface area contributed by atoms with Crippen LogP contribution in [0.1, 0.15) is 43.9 Å². The zero-order valence-corrected chi connectivity index (χ0v) is 22.7. The van der Waals surface area contributed by atoms with Gasteiger partial charge in [0, 0.05) is 35.6 Å². The average Bonchev–Trinajstić information content (AvgIpc) is 2.99. The lowest BCUT2D eigenvalue weighted by atomic mass is 9.98. The van der Waals surface area contributed by atoms with E-state index in [2.05, 4.69) is 5.32 Å². The first-order valence-electron chi connectivity index (χ1n) is 11.7. The summed E-state index contributed by atoms with van der Waals surface area (Å²) < 4.78 is 33.7. The highest BCUT2D eigenvalue weighted by molar-refractivity contribution is 7.80. The maximum absolute atomic E-state index is 12.4. The number of para-hydroxylation sites is 1. The van der Waals surface area contributed by atoms with E-state index in [0.29, 0.717) is 45.5 Å². The number of anilines is 1. The molecule has 0 fully saturated rings. The first kappa shape index (κ1) is 28.5. The van der Waals surface area contributed by atoms with Crippen LogP contribution in [0.3, 0.4) is 0 Å². The fourth-order valence-electron chi connectivity index (χ4n) is 3.89. The number of halogens is 1. The number of hydrogen-bond donors (Lipinski definition) is 1. The molecule has 11 heteroatoms. The van der Waals surface area contributed by atoms with Gasteiger partial charge in [0.05, 0.1) is 46.1 Å². The minimum absolute atomic E-state index is 0.0945. The van der Waals surface area contributed by atoms with E-state index in [9.17, 15) is 9.59 Å². The molecule has 1 N–H and O–H groups in total. The normalized spacial score (nSPS) is 16.6. The average molecular weight is 552 g/mol. The maximum Gasteiger partial charge on any atom is 0.308 e. The predicted octanol–water partition coefficient (Wildman–Crippen LogP) is 4.87. The molecule has 200 valence electrons. The van der Waals surface area contributed by atoms with Crippen LogP contribution >= 0.6 is 23.8 Å². The van der Waals surface area contributed by atoms with Crippen molar-refractivity contribution in [2.45, 2.75) is 38.9 Å². The Hall–Kier alpha value is -3.08. The van der Waals surface area contributed by atoms with Crippen molar-refractivity contribution in [1.82, 2.24) is 0 Å². The van der Waals surface area contributed by atoms with Crippen LogP contribution in [0.5, 0.6) is 17.2 Å². The van der Waals surface area contributed by atoms with Gasteiger partial charge in [-0.2, -0.15) is 0 Å². The number of carbonyl (C=O) groups is 2. The zero-order chi connectivity index (χ0) is 26.9. The molecule has 1 heterocycles. The highest BCUT2D eigenvalue weighted by Gasteiger charge is 2.35. The Bertz CT molecular complexity index is 1140. The Morgan fingerprint density at radius 3 is 2.54 bits per heavy atom. The maximum atomic E-state index is 12.4. The van der Waals surface area contributed by atoms with Crippen molar-refractivity contribution < 1.29 is 38.0 Å². The van der Waals surface area contributed by atoms with Crippen LogP contribution < -0.4 is 19.5 Å². The lowest BCUT2D eigenvalue weighted by Gasteiger charge is -2.25. The first-order valence-corrected chi connectivity index (χ1v) is 12.5. The zero-order valence-electron chi connectivity index (χ0n) is 21.1. The number of nitrogens with one attached hydrogen (secondary N) is 1. The van der Waals surface area contributed by atoms with E-state index in [1.54, 1.807) is 32.2 Å². The van der Waals surface area contributed by atoms with Crippen molar-refractivity contribution >= 4 is 46.4 Å². The number of benzene rings is 2. The fourth-order valence-corrected chi connectivity index (χ4v) is 4.35. The lowest BCUT2D eigenvalue weighted by Crippen LogP contribution is -2.31. The number of carbonyl (C=O) groups excluding carboxylic acids is 2. The summed E-state index contributed by atoms with van der Waals surface area (Å²) in [6, 6.07) is 8.83. The minimum atomic E-state index is -0.807. The van der Waals surface area contributed by atoms with E-state index >= 15 is 0 Å². The molecular formula is C26H30ClNO8S. The molecule has 2 aromatic rings. The third-order valence-electron chi connectivity index (χ3n) is 5.45. The number of rotatable bonds is 11. The molecule has 0 bridgehead atoms. The molecule has 3 rings (SSSR count). The number of hydrogen-bond acceptors (Lipinski definition) is 9. The quantitative estimate of drug-likeness (QED) is 0.236. The van der Waals surface area contributed by atoms with Crippen molar-refractivity contribution in [3.63, 3.8) is 0 Å². The van der Waals surface area contributed by atoms with Gasteiger partial charge in [-0.15, -0.1) is 0 Å². The Balaban J connectivity index is 2.06. The summed E-state index contributed by atoms with van der Waals surface area (Å²) in [7, 11) is 3.08. The number of ether oxygens (including phenoxy) is 6. The Labute approximate surface area is 226 Å². The highest BCUT2D eigenvalue weighted by Crippen LogP contribution is 2.46. The van der Waals surface area contributed by atoms with E-state index in [1.165, 1.54) is 14.0 Å². The molecular weight excluding hydrogens is 522 g/mol. The van der Waals surface area contributed by atoms with Crippen molar-refractivity contribution in [3.05, 3.63) is 46.5 Å². The monoisotopic (exact) mass is 551 g/mol. The summed E-state index contributed by atoms with van der Waals surface area (Å²) in [5.74, 6) is 0.602. The van der Waals surface area contributed by atoms with E-state index in [0.717, 1.165) is 0 Å². The van der Waals surface area contributed by atoms with Gasteiger partial charge in [-0.05, 0) is 19.1 Å². The van der Waals surface area contributed by atoms with E-state index < -0.39 is 18.2 Å². The van der Waals surface area contributed by atoms with Crippen molar-refractivity contribution in [3.8, 4) is 17.2 Å². The van der Waals surface area contributed by atoms with Gasteiger partial charge in [-0.3, -0.25) is 9.59 Å². The van der Waals surface area contributed by atoms with Crippen LogP contribution in [-0.4, -0.2) is 57.1 Å². The molecule has 0 radical (unpaired) electrons. The number of methoxy groups -OCH3 is 2. The van der Waals surface area contributed by atoms with E-state index in [-0.39, 0.29) is 37.2 Å². The van der Waals surface area contributed by atoms with Gasteiger partial charge >= 0.3 is 11.9 Å². The van der Waals surface area contributed by atoms with E-state index in [4.69, 9.17) is 52.2 Å². The standard InChI is InChI=1S/C26H30ClNO8S/c1-5-33-22(30)14-21-26(37)28-23-18(12-16(27)13-20(23)35-11-7-10-34-15(2)29)24(36-21)17-8-6-9-19(31-3)25(17)32-4/h6,8-9,12-13,21,24H,5,7,10-11,14H2,1-4H3,(H,28,37)/t21-,24-/m1/s1. The molecule has 1 aliphatic rings. The van der Waals surface area contributed by atoms with Crippen molar-refractivity contribution in [2.75, 3.05) is 39.4 Å². The van der Waals surface area contributed by atoms with Crippen LogP contribution in [-0.2, 0) is 23.8 Å². The van der Waals surface area contributed by atoms with Gasteiger partial charge in [0.25, 0.3) is 0 Å². The summed E-state index contributed by atoms with van der Waals surface area (Å²) in [5.41, 5.74) is 1.82. The minimum Gasteiger partial charge on any atom is -0.493 e. The number of thiocarbonyl (C=S) groups is 1. The second-order valence-electron chi connectivity index (χ2n) is 8.00. The molecule has 0 saturated carbocycles. The topological polar surface area (TPSA) is 102 Å². The van der Waals surface area contributed by atoms with E-state index in [1.807, 2.05) is 12.1 Å². The SMILES string of the molecule is CCOC(=O)C[C@H]1O[C@H](c2cccc(OC)c2OC)c2cc(Cl)cc(OCCCOC(C)=O)c2NC1=S. The summed E-state index contributed by atoms with van der Waals surface area (Å²) in [4.78, 5) is 23.7. The molecule has 1 aliphatic heterocycles. The summed E-state index contributed by atoms with van der Waals surface area (Å²) in [6.07, 6.45) is -1.18. The molecule has 0 aromatic heterocycles.